The minimum Gasteiger partial charge on any atom is -0.366 e. The van der Waals surface area contributed by atoms with Gasteiger partial charge in [-0.1, -0.05) is 0 Å². The highest BCUT2D eigenvalue weighted by molar-refractivity contribution is 6.00. The maximum absolute atomic E-state index is 13.4. The summed E-state index contributed by atoms with van der Waals surface area (Å²) >= 11 is 0. The molecule has 4 N–H and O–H groups in total. The van der Waals surface area contributed by atoms with E-state index in [1.165, 1.54) is 12.1 Å². The maximum Gasteiger partial charge on any atom is 0.251 e. The summed E-state index contributed by atoms with van der Waals surface area (Å²) < 4.78 is 13.4. The van der Waals surface area contributed by atoms with Crippen molar-refractivity contribution >= 4 is 17.5 Å². The Balaban J connectivity index is 2.15. The first-order valence-corrected chi connectivity index (χ1v) is 6.58. The summed E-state index contributed by atoms with van der Waals surface area (Å²) in [5.41, 5.74) is 4.57. The summed E-state index contributed by atoms with van der Waals surface area (Å²) in [6.07, 6.45) is 2.76. The van der Waals surface area contributed by atoms with Crippen molar-refractivity contribution in [3.63, 3.8) is 0 Å². The van der Waals surface area contributed by atoms with Crippen molar-refractivity contribution in [1.29, 1.82) is 0 Å². The van der Waals surface area contributed by atoms with Gasteiger partial charge in [0.2, 0.25) is 5.91 Å². The molecule has 0 bridgehead atoms. The molecule has 1 heterocycles. The number of carbonyl (C=O) groups is 2. The molecule has 0 spiro atoms. The highest BCUT2D eigenvalue weighted by atomic mass is 19.1. The third-order valence-corrected chi connectivity index (χ3v) is 3.61. The van der Waals surface area contributed by atoms with Crippen LogP contribution in [0.4, 0.5) is 10.1 Å². The standard InChI is InChI=1S/C14H18FN3O2/c1-14(6-2-3-7-17-14)13(20)18-9-4-5-11(15)10(8-9)12(16)19/h4-5,8,17H,2-3,6-7H2,1H3,(H2,16,19)(H,18,20). The van der Waals surface area contributed by atoms with Gasteiger partial charge in [0, 0.05) is 5.69 Å². The summed E-state index contributed by atoms with van der Waals surface area (Å²) in [4.78, 5) is 23.4. The Morgan fingerprint density at radius 1 is 1.40 bits per heavy atom. The lowest BCUT2D eigenvalue weighted by Gasteiger charge is -2.33. The van der Waals surface area contributed by atoms with Crippen LogP contribution in [0.3, 0.4) is 0 Å². The molecular formula is C14H18FN3O2. The molecule has 1 aromatic rings. The Morgan fingerprint density at radius 2 is 2.15 bits per heavy atom. The van der Waals surface area contributed by atoms with E-state index in [4.69, 9.17) is 5.73 Å². The van der Waals surface area contributed by atoms with Gasteiger partial charge in [-0.05, 0) is 50.9 Å². The lowest BCUT2D eigenvalue weighted by Crippen LogP contribution is -2.54. The average molecular weight is 279 g/mol. The number of hydrogen-bond donors (Lipinski definition) is 3. The number of nitrogens with two attached hydrogens (primary N) is 1. The fraction of sp³-hybridized carbons (Fsp3) is 0.429. The number of nitrogens with one attached hydrogen (secondary N) is 2. The van der Waals surface area contributed by atoms with Gasteiger partial charge in [0.25, 0.3) is 5.91 Å². The van der Waals surface area contributed by atoms with Crippen LogP contribution in [0.5, 0.6) is 0 Å². The van der Waals surface area contributed by atoms with Gasteiger partial charge in [-0.25, -0.2) is 4.39 Å². The predicted molar refractivity (Wildman–Crippen MR) is 73.8 cm³/mol. The highest BCUT2D eigenvalue weighted by Gasteiger charge is 2.34. The fourth-order valence-electron chi connectivity index (χ4n) is 2.31. The molecule has 0 saturated carbocycles. The zero-order chi connectivity index (χ0) is 14.8. The SMILES string of the molecule is CC1(C(=O)Nc2ccc(F)c(C(N)=O)c2)CCCCN1. The van der Waals surface area contributed by atoms with Crippen molar-refractivity contribution in [3.8, 4) is 0 Å². The number of rotatable bonds is 3. The van der Waals surface area contributed by atoms with Crippen molar-refractivity contribution in [2.75, 3.05) is 11.9 Å². The van der Waals surface area contributed by atoms with E-state index in [1.54, 1.807) is 0 Å². The van der Waals surface area contributed by atoms with Crippen LogP contribution in [0.15, 0.2) is 18.2 Å². The van der Waals surface area contributed by atoms with Crippen molar-refractivity contribution < 1.29 is 14.0 Å². The van der Waals surface area contributed by atoms with Gasteiger partial charge >= 0.3 is 0 Å². The number of amides is 2. The van der Waals surface area contributed by atoms with Crippen LogP contribution >= 0.6 is 0 Å². The van der Waals surface area contributed by atoms with Crippen molar-refractivity contribution in [2.24, 2.45) is 5.73 Å². The van der Waals surface area contributed by atoms with Crippen LogP contribution < -0.4 is 16.4 Å². The third kappa shape index (κ3) is 2.96. The zero-order valence-electron chi connectivity index (χ0n) is 11.3. The molecule has 0 aromatic heterocycles. The minimum absolute atomic E-state index is 0.195. The lowest BCUT2D eigenvalue weighted by molar-refractivity contribution is -0.122. The van der Waals surface area contributed by atoms with Crippen LogP contribution in [0.25, 0.3) is 0 Å². The van der Waals surface area contributed by atoms with Gasteiger partial charge in [-0.3, -0.25) is 9.59 Å². The Hall–Kier alpha value is -1.95. The number of piperidine rings is 1. The first kappa shape index (κ1) is 14.5. The number of carbonyl (C=O) groups excluding carboxylic acids is 2. The van der Waals surface area contributed by atoms with Crippen molar-refractivity contribution in [1.82, 2.24) is 5.32 Å². The number of benzene rings is 1. The smallest absolute Gasteiger partial charge is 0.251 e. The molecule has 0 radical (unpaired) electrons. The van der Waals surface area contributed by atoms with Gasteiger partial charge in [-0.15, -0.1) is 0 Å². The second-order valence-electron chi connectivity index (χ2n) is 5.23. The molecule has 6 heteroatoms. The summed E-state index contributed by atoms with van der Waals surface area (Å²) in [5.74, 6) is -1.75. The maximum atomic E-state index is 13.4. The van der Waals surface area contributed by atoms with Crippen LogP contribution in [-0.2, 0) is 4.79 Å². The topological polar surface area (TPSA) is 84.2 Å². The monoisotopic (exact) mass is 279 g/mol. The van der Waals surface area contributed by atoms with Gasteiger partial charge in [0.15, 0.2) is 0 Å². The first-order chi connectivity index (χ1) is 9.42. The molecule has 5 nitrogen and oxygen atoms in total. The molecule has 1 unspecified atom stereocenters. The average Bonchev–Trinajstić information content (AvgIpc) is 2.41. The Bertz CT molecular complexity index is 539. The third-order valence-electron chi connectivity index (χ3n) is 3.61. The first-order valence-electron chi connectivity index (χ1n) is 6.58. The normalized spacial score (nSPS) is 22.3. The quantitative estimate of drug-likeness (QED) is 0.782. The van der Waals surface area contributed by atoms with E-state index in [9.17, 15) is 14.0 Å². The van der Waals surface area contributed by atoms with Crippen molar-refractivity contribution in [3.05, 3.63) is 29.6 Å². The van der Waals surface area contributed by atoms with E-state index >= 15 is 0 Å². The molecule has 1 aliphatic heterocycles. The Labute approximate surface area is 116 Å². The van der Waals surface area contributed by atoms with E-state index < -0.39 is 17.3 Å². The van der Waals surface area contributed by atoms with Gasteiger partial charge in [-0.2, -0.15) is 0 Å². The minimum atomic E-state index is -0.861. The molecule has 108 valence electrons. The summed E-state index contributed by atoms with van der Waals surface area (Å²) in [5, 5.41) is 5.89. The van der Waals surface area contributed by atoms with Crippen LogP contribution in [0, 0.1) is 5.82 Å². The molecule has 20 heavy (non-hydrogen) atoms. The Morgan fingerprint density at radius 3 is 2.75 bits per heavy atom. The number of anilines is 1. The van der Waals surface area contributed by atoms with Gasteiger partial charge in [0.1, 0.15) is 5.82 Å². The van der Waals surface area contributed by atoms with Gasteiger partial charge < -0.3 is 16.4 Å². The van der Waals surface area contributed by atoms with E-state index in [-0.39, 0.29) is 11.5 Å². The molecular weight excluding hydrogens is 261 g/mol. The van der Waals surface area contributed by atoms with Crippen molar-refractivity contribution in [2.45, 2.75) is 31.7 Å². The van der Waals surface area contributed by atoms with Crippen LogP contribution in [-0.4, -0.2) is 23.9 Å². The lowest BCUT2D eigenvalue weighted by atomic mass is 9.90. The van der Waals surface area contributed by atoms with E-state index in [2.05, 4.69) is 10.6 Å². The van der Waals surface area contributed by atoms with E-state index in [0.29, 0.717) is 5.69 Å². The van der Waals surface area contributed by atoms with Crippen LogP contribution in [0.1, 0.15) is 36.5 Å². The Kier molecular flexibility index (Phi) is 4.04. The molecule has 0 aliphatic carbocycles. The number of halogens is 1. The predicted octanol–water partition coefficient (Wildman–Crippen LogP) is 1.40. The number of hydrogen-bond acceptors (Lipinski definition) is 3. The van der Waals surface area contributed by atoms with E-state index in [0.717, 1.165) is 31.9 Å². The molecule has 1 aromatic carbocycles. The van der Waals surface area contributed by atoms with Gasteiger partial charge in [0.05, 0.1) is 11.1 Å². The fourth-order valence-corrected chi connectivity index (χ4v) is 2.31. The molecule has 1 atom stereocenters. The summed E-state index contributed by atoms with van der Waals surface area (Å²) in [6.45, 7) is 2.62. The molecule has 1 fully saturated rings. The highest BCUT2D eigenvalue weighted by Crippen LogP contribution is 2.22. The van der Waals surface area contributed by atoms with Crippen LogP contribution in [0.2, 0.25) is 0 Å². The number of primary amides is 1. The zero-order valence-corrected chi connectivity index (χ0v) is 11.3. The molecule has 1 aliphatic rings. The summed E-state index contributed by atoms with van der Waals surface area (Å²) in [7, 11) is 0. The summed E-state index contributed by atoms with van der Waals surface area (Å²) in [6, 6.07) is 3.78. The molecule has 2 rings (SSSR count). The molecule has 2 amide bonds. The van der Waals surface area contributed by atoms with E-state index in [1.807, 2.05) is 6.92 Å². The second kappa shape index (κ2) is 5.58. The molecule has 1 saturated heterocycles. The second-order valence-corrected chi connectivity index (χ2v) is 5.23. The largest absolute Gasteiger partial charge is 0.366 e.